The minimum absolute atomic E-state index is 0.00644. The number of anilines is 1. The number of carbonyl (C=O) groups excluding carboxylic acids is 2. The van der Waals surface area contributed by atoms with Crippen molar-refractivity contribution in [3.05, 3.63) is 60.2 Å². The second-order valence-corrected chi connectivity index (χ2v) is 8.89. The van der Waals surface area contributed by atoms with Gasteiger partial charge in [-0.05, 0) is 24.1 Å². The van der Waals surface area contributed by atoms with E-state index in [-0.39, 0.29) is 24.7 Å². The second-order valence-electron chi connectivity index (χ2n) is 7.41. The van der Waals surface area contributed by atoms with E-state index in [9.17, 15) is 9.59 Å². The summed E-state index contributed by atoms with van der Waals surface area (Å²) in [7, 11) is 0. The summed E-state index contributed by atoms with van der Waals surface area (Å²) in [6.07, 6.45) is 2.08. The van der Waals surface area contributed by atoms with Crippen LogP contribution in [0.1, 0.15) is 38.2 Å². The molecule has 2 aliphatic heterocycles. The Morgan fingerprint density at radius 1 is 1.00 bits per heavy atom. The molecule has 29 heavy (non-hydrogen) atoms. The van der Waals surface area contributed by atoms with Gasteiger partial charge in [-0.25, -0.2) is 5.01 Å². The lowest BCUT2D eigenvalue weighted by Gasteiger charge is -2.22. The van der Waals surface area contributed by atoms with Crippen molar-refractivity contribution in [1.82, 2.24) is 5.01 Å². The first kappa shape index (κ1) is 19.7. The lowest BCUT2D eigenvalue weighted by Crippen LogP contribution is -2.33. The number of thioether (sulfide) groups is 1. The van der Waals surface area contributed by atoms with E-state index in [0.29, 0.717) is 18.3 Å². The van der Waals surface area contributed by atoms with Gasteiger partial charge in [0.05, 0.1) is 17.9 Å². The highest BCUT2D eigenvalue weighted by Crippen LogP contribution is 2.37. The highest BCUT2D eigenvalue weighted by Gasteiger charge is 2.26. The van der Waals surface area contributed by atoms with Crippen molar-refractivity contribution in [3.8, 4) is 0 Å². The Kier molecular flexibility index (Phi) is 6.00. The third-order valence-electron chi connectivity index (χ3n) is 5.29. The van der Waals surface area contributed by atoms with Crippen LogP contribution in [0.3, 0.4) is 0 Å². The van der Waals surface area contributed by atoms with Crippen LogP contribution >= 0.6 is 11.8 Å². The highest BCUT2D eigenvalue weighted by molar-refractivity contribution is 8.00. The lowest BCUT2D eigenvalue weighted by atomic mass is 10.1. The molecule has 2 amide bonds. The van der Waals surface area contributed by atoms with Crippen LogP contribution in [0.5, 0.6) is 0 Å². The van der Waals surface area contributed by atoms with Crippen LogP contribution in [0.25, 0.3) is 0 Å². The van der Waals surface area contributed by atoms with Crippen LogP contribution in [0.15, 0.2) is 64.6 Å². The summed E-state index contributed by atoms with van der Waals surface area (Å²) in [5.74, 6) is -0.0814. The van der Waals surface area contributed by atoms with Gasteiger partial charge in [0.15, 0.2) is 0 Å². The molecule has 0 spiro atoms. The SMILES string of the molecule is CC1CCN(C(=O)CCC(=O)N2CCC(c3ccccc3)=N2)c2ccccc2S1. The molecule has 6 heteroatoms. The van der Waals surface area contributed by atoms with Crippen molar-refractivity contribution >= 4 is 35.0 Å². The van der Waals surface area contributed by atoms with Gasteiger partial charge in [-0.15, -0.1) is 11.8 Å². The van der Waals surface area contributed by atoms with Crippen LogP contribution in [-0.2, 0) is 9.59 Å². The topological polar surface area (TPSA) is 53.0 Å². The third kappa shape index (κ3) is 4.53. The molecule has 1 unspecified atom stereocenters. The fraction of sp³-hybridized carbons (Fsp3) is 0.348. The normalized spacial score (nSPS) is 18.8. The summed E-state index contributed by atoms with van der Waals surface area (Å²) in [6.45, 7) is 3.46. The van der Waals surface area contributed by atoms with E-state index in [1.165, 1.54) is 5.01 Å². The fourth-order valence-electron chi connectivity index (χ4n) is 3.69. The summed E-state index contributed by atoms with van der Waals surface area (Å²) in [6, 6.07) is 18.0. The number of hydrogen-bond acceptors (Lipinski definition) is 4. The van der Waals surface area contributed by atoms with Crippen molar-refractivity contribution in [2.24, 2.45) is 5.10 Å². The number of fused-ring (bicyclic) bond motifs is 1. The molecule has 2 aliphatic rings. The Balaban J connectivity index is 1.39. The predicted octanol–water partition coefficient (Wildman–Crippen LogP) is 4.32. The van der Waals surface area contributed by atoms with Crippen LogP contribution in [0.2, 0.25) is 0 Å². The van der Waals surface area contributed by atoms with Crippen LogP contribution < -0.4 is 4.90 Å². The fourth-order valence-corrected chi connectivity index (χ4v) is 4.81. The molecule has 0 aromatic heterocycles. The number of carbonyl (C=O) groups is 2. The lowest BCUT2D eigenvalue weighted by molar-refractivity contribution is -0.132. The van der Waals surface area contributed by atoms with Crippen molar-refractivity contribution in [1.29, 1.82) is 0 Å². The Bertz CT molecular complexity index is 929. The Morgan fingerprint density at radius 2 is 1.72 bits per heavy atom. The first-order chi connectivity index (χ1) is 14.1. The van der Waals surface area contributed by atoms with Gasteiger partial charge in [-0.2, -0.15) is 5.10 Å². The van der Waals surface area contributed by atoms with Gasteiger partial charge in [0.25, 0.3) is 0 Å². The molecule has 2 heterocycles. The molecule has 1 atom stereocenters. The number of hydrazone groups is 1. The molecule has 150 valence electrons. The third-order valence-corrected chi connectivity index (χ3v) is 6.53. The quantitative estimate of drug-likeness (QED) is 0.758. The van der Waals surface area contributed by atoms with Crippen molar-refractivity contribution in [2.45, 2.75) is 42.8 Å². The molecule has 0 aliphatic carbocycles. The number of benzene rings is 2. The number of rotatable bonds is 4. The monoisotopic (exact) mass is 407 g/mol. The number of para-hydroxylation sites is 1. The summed E-state index contributed by atoms with van der Waals surface area (Å²) in [5, 5.41) is 6.46. The van der Waals surface area contributed by atoms with Crippen molar-refractivity contribution < 1.29 is 9.59 Å². The van der Waals surface area contributed by atoms with Gasteiger partial charge in [0.1, 0.15) is 0 Å². The predicted molar refractivity (Wildman–Crippen MR) is 117 cm³/mol. The molecule has 0 saturated carbocycles. The van der Waals surface area contributed by atoms with E-state index in [0.717, 1.165) is 34.7 Å². The summed E-state index contributed by atoms with van der Waals surface area (Å²) >= 11 is 1.81. The average molecular weight is 408 g/mol. The maximum absolute atomic E-state index is 12.9. The van der Waals surface area contributed by atoms with Crippen molar-refractivity contribution in [2.75, 3.05) is 18.0 Å². The van der Waals surface area contributed by atoms with E-state index in [1.807, 2.05) is 65.2 Å². The Morgan fingerprint density at radius 3 is 2.55 bits per heavy atom. The molecule has 4 rings (SSSR count). The van der Waals surface area contributed by atoms with Gasteiger partial charge < -0.3 is 4.90 Å². The molecule has 2 aromatic carbocycles. The molecule has 2 aromatic rings. The number of nitrogens with zero attached hydrogens (tertiary/aromatic N) is 3. The summed E-state index contributed by atoms with van der Waals surface area (Å²) < 4.78 is 0. The Hall–Kier alpha value is -2.60. The van der Waals surface area contributed by atoms with E-state index < -0.39 is 0 Å². The van der Waals surface area contributed by atoms with E-state index in [2.05, 4.69) is 18.1 Å². The molecule has 0 radical (unpaired) electrons. The van der Waals surface area contributed by atoms with Crippen LogP contribution in [-0.4, -0.2) is 40.9 Å². The first-order valence-corrected chi connectivity index (χ1v) is 11.0. The summed E-state index contributed by atoms with van der Waals surface area (Å²) in [4.78, 5) is 28.5. The molecule has 5 nitrogen and oxygen atoms in total. The van der Waals surface area contributed by atoms with Gasteiger partial charge in [-0.3, -0.25) is 9.59 Å². The highest BCUT2D eigenvalue weighted by atomic mass is 32.2. The number of hydrogen-bond donors (Lipinski definition) is 0. The maximum Gasteiger partial charge on any atom is 0.243 e. The summed E-state index contributed by atoms with van der Waals surface area (Å²) in [5.41, 5.74) is 2.94. The van der Waals surface area contributed by atoms with Crippen LogP contribution in [0.4, 0.5) is 5.69 Å². The second kappa shape index (κ2) is 8.82. The van der Waals surface area contributed by atoms with E-state index >= 15 is 0 Å². The molecular formula is C23H25N3O2S. The Labute approximate surface area is 175 Å². The molecule has 0 N–H and O–H groups in total. The largest absolute Gasteiger partial charge is 0.311 e. The first-order valence-electron chi connectivity index (χ1n) is 10.1. The van der Waals surface area contributed by atoms with Crippen LogP contribution in [0, 0.1) is 0 Å². The molecular weight excluding hydrogens is 382 g/mol. The minimum atomic E-state index is -0.0878. The molecule has 0 saturated heterocycles. The smallest absolute Gasteiger partial charge is 0.243 e. The maximum atomic E-state index is 12.9. The van der Waals surface area contributed by atoms with Gasteiger partial charge in [0.2, 0.25) is 11.8 Å². The zero-order valence-corrected chi connectivity index (χ0v) is 17.4. The average Bonchev–Trinajstić information content (AvgIpc) is 3.17. The molecule has 0 fully saturated rings. The van der Waals surface area contributed by atoms with Gasteiger partial charge in [-0.1, -0.05) is 49.4 Å². The van der Waals surface area contributed by atoms with E-state index in [1.54, 1.807) is 0 Å². The van der Waals surface area contributed by atoms with Crippen molar-refractivity contribution in [3.63, 3.8) is 0 Å². The zero-order valence-electron chi connectivity index (χ0n) is 16.6. The standard InChI is InChI=1S/C23H25N3O2S/c1-17-13-15-25(20-9-5-6-10-21(20)29-17)22(27)11-12-23(28)26-16-14-19(24-26)18-7-3-2-4-8-18/h2-10,17H,11-16H2,1H3. The number of amides is 2. The minimum Gasteiger partial charge on any atom is -0.311 e. The van der Waals surface area contributed by atoms with E-state index in [4.69, 9.17) is 0 Å². The van der Waals surface area contributed by atoms with Gasteiger partial charge >= 0.3 is 0 Å². The van der Waals surface area contributed by atoms with Gasteiger partial charge in [0, 0.05) is 36.0 Å². The molecule has 0 bridgehead atoms. The zero-order chi connectivity index (χ0) is 20.2.